The van der Waals surface area contributed by atoms with Gasteiger partial charge in [0.1, 0.15) is 36.1 Å². The maximum atomic E-state index is 13.9. The number of nitrogens with two attached hydrogens (primary N) is 1. The number of carbonyl (C=O) groups is 1. The Balaban J connectivity index is 1.67. The molecule has 0 aromatic heterocycles. The van der Waals surface area contributed by atoms with Crippen molar-refractivity contribution in [2.75, 3.05) is 26.4 Å². The predicted molar refractivity (Wildman–Crippen MR) is 89.8 cm³/mol. The third kappa shape index (κ3) is 7.11. The van der Waals surface area contributed by atoms with E-state index in [4.69, 9.17) is 19.9 Å². The number of primary amides is 1. The normalized spacial score (nSPS) is 11.2. The molecule has 6 nitrogen and oxygen atoms in total. The summed E-state index contributed by atoms with van der Waals surface area (Å²) in [5, 5.41) is 0. The maximum Gasteiger partial charge on any atom is 0.573 e. The zero-order valence-corrected chi connectivity index (χ0v) is 14.8. The molecular weight excluding hydrogens is 405 g/mol. The van der Waals surface area contributed by atoms with E-state index in [0.717, 1.165) is 24.3 Å². The number of rotatable bonds is 10. The molecule has 0 bridgehead atoms. The number of benzene rings is 2. The van der Waals surface area contributed by atoms with Gasteiger partial charge in [-0.05, 0) is 36.4 Å². The molecule has 0 aliphatic heterocycles. The van der Waals surface area contributed by atoms with Crippen LogP contribution in [-0.4, -0.2) is 38.7 Å². The van der Waals surface area contributed by atoms with Crippen molar-refractivity contribution in [3.63, 3.8) is 0 Å². The molecule has 0 saturated carbocycles. The van der Waals surface area contributed by atoms with Gasteiger partial charge in [-0.25, -0.2) is 8.78 Å². The zero-order valence-electron chi connectivity index (χ0n) is 14.8. The standard InChI is InChI=1S/C18H16F5NO5/c19-13-5-6-14(16(20)15(13)17(24)25)28-10-8-26-7-9-27-11-1-3-12(4-2-11)29-18(21,22)23/h1-6H,7-10H2,(H2,24,25). The fraction of sp³-hybridized carbons (Fsp3) is 0.278. The minimum Gasteiger partial charge on any atom is -0.491 e. The highest BCUT2D eigenvalue weighted by molar-refractivity contribution is 5.93. The molecule has 0 atom stereocenters. The highest BCUT2D eigenvalue weighted by Crippen LogP contribution is 2.25. The van der Waals surface area contributed by atoms with E-state index >= 15 is 0 Å². The van der Waals surface area contributed by atoms with E-state index in [1.165, 1.54) is 12.1 Å². The van der Waals surface area contributed by atoms with Gasteiger partial charge < -0.3 is 24.7 Å². The van der Waals surface area contributed by atoms with Gasteiger partial charge in [0, 0.05) is 0 Å². The highest BCUT2D eigenvalue weighted by Gasteiger charge is 2.30. The fourth-order valence-electron chi connectivity index (χ4n) is 2.14. The van der Waals surface area contributed by atoms with Crippen LogP contribution in [0.15, 0.2) is 36.4 Å². The first-order chi connectivity index (χ1) is 13.7. The summed E-state index contributed by atoms with van der Waals surface area (Å²) < 4.78 is 82.7. The Morgan fingerprint density at radius 1 is 0.862 bits per heavy atom. The Morgan fingerprint density at radius 2 is 1.45 bits per heavy atom. The summed E-state index contributed by atoms with van der Waals surface area (Å²) in [5.41, 5.74) is 4.02. The molecule has 0 unspecified atom stereocenters. The molecular formula is C18H16F5NO5. The fourth-order valence-corrected chi connectivity index (χ4v) is 2.14. The second kappa shape index (κ2) is 9.92. The molecule has 2 N–H and O–H groups in total. The monoisotopic (exact) mass is 421 g/mol. The van der Waals surface area contributed by atoms with E-state index in [1.807, 2.05) is 0 Å². The van der Waals surface area contributed by atoms with Crippen molar-refractivity contribution in [3.05, 3.63) is 53.6 Å². The Labute approximate surface area is 161 Å². The number of halogens is 5. The molecule has 0 saturated heterocycles. The Morgan fingerprint density at radius 3 is 2.03 bits per heavy atom. The number of ether oxygens (including phenoxy) is 4. The number of hydrogen-bond acceptors (Lipinski definition) is 5. The van der Waals surface area contributed by atoms with Crippen molar-refractivity contribution in [3.8, 4) is 17.2 Å². The molecule has 0 fully saturated rings. The second-order valence-corrected chi connectivity index (χ2v) is 5.43. The average Bonchev–Trinajstić information content (AvgIpc) is 2.62. The number of alkyl halides is 3. The molecule has 158 valence electrons. The van der Waals surface area contributed by atoms with E-state index in [1.54, 1.807) is 0 Å². The van der Waals surface area contributed by atoms with Crippen molar-refractivity contribution < 1.29 is 45.7 Å². The lowest BCUT2D eigenvalue weighted by atomic mass is 10.2. The van der Waals surface area contributed by atoms with Crippen LogP contribution in [-0.2, 0) is 4.74 Å². The lowest BCUT2D eigenvalue weighted by Gasteiger charge is -2.11. The summed E-state index contributed by atoms with van der Waals surface area (Å²) in [6.07, 6.45) is -4.77. The average molecular weight is 421 g/mol. The molecule has 2 rings (SSSR count). The van der Waals surface area contributed by atoms with E-state index in [2.05, 4.69) is 4.74 Å². The quantitative estimate of drug-likeness (QED) is 0.470. The van der Waals surface area contributed by atoms with Crippen LogP contribution in [0.3, 0.4) is 0 Å². The molecule has 2 aromatic carbocycles. The van der Waals surface area contributed by atoms with Crippen LogP contribution in [0.5, 0.6) is 17.2 Å². The van der Waals surface area contributed by atoms with Crippen molar-refractivity contribution >= 4 is 5.91 Å². The van der Waals surface area contributed by atoms with Crippen LogP contribution >= 0.6 is 0 Å². The van der Waals surface area contributed by atoms with E-state index < -0.39 is 29.5 Å². The van der Waals surface area contributed by atoms with Crippen LogP contribution in [0.25, 0.3) is 0 Å². The van der Waals surface area contributed by atoms with Gasteiger partial charge in [0.05, 0.1) is 13.2 Å². The van der Waals surface area contributed by atoms with E-state index in [9.17, 15) is 26.7 Å². The predicted octanol–water partition coefficient (Wildman–Crippen LogP) is 3.44. The Bertz CT molecular complexity index is 827. The van der Waals surface area contributed by atoms with Crippen molar-refractivity contribution in [2.24, 2.45) is 5.73 Å². The van der Waals surface area contributed by atoms with Crippen LogP contribution in [0.4, 0.5) is 22.0 Å². The molecule has 1 amide bonds. The Hall–Kier alpha value is -3.08. The van der Waals surface area contributed by atoms with Crippen LogP contribution in [0, 0.1) is 11.6 Å². The number of amides is 1. The largest absolute Gasteiger partial charge is 0.573 e. The third-order valence-electron chi connectivity index (χ3n) is 3.34. The van der Waals surface area contributed by atoms with Gasteiger partial charge in [-0.3, -0.25) is 4.79 Å². The van der Waals surface area contributed by atoms with Crippen LogP contribution < -0.4 is 19.9 Å². The van der Waals surface area contributed by atoms with Crippen molar-refractivity contribution in [2.45, 2.75) is 6.36 Å². The lowest BCUT2D eigenvalue weighted by molar-refractivity contribution is -0.274. The van der Waals surface area contributed by atoms with Gasteiger partial charge in [-0.15, -0.1) is 13.2 Å². The Kier molecular flexibility index (Phi) is 7.59. The maximum absolute atomic E-state index is 13.9. The zero-order chi connectivity index (χ0) is 21.4. The van der Waals surface area contributed by atoms with Gasteiger partial charge in [-0.2, -0.15) is 0 Å². The van der Waals surface area contributed by atoms with Crippen molar-refractivity contribution in [1.29, 1.82) is 0 Å². The van der Waals surface area contributed by atoms with Crippen LogP contribution in [0.1, 0.15) is 10.4 Å². The van der Waals surface area contributed by atoms with Gasteiger partial charge in [0.2, 0.25) is 0 Å². The van der Waals surface area contributed by atoms with Crippen LogP contribution in [0.2, 0.25) is 0 Å². The van der Waals surface area contributed by atoms with Gasteiger partial charge in [0.25, 0.3) is 5.91 Å². The van der Waals surface area contributed by atoms with E-state index in [-0.39, 0.29) is 37.9 Å². The van der Waals surface area contributed by atoms with Gasteiger partial charge in [-0.1, -0.05) is 0 Å². The minimum absolute atomic E-state index is 0.0322. The summed E-state index contributed by atoms with van der Waals surface area (Å²) >= 11 is 0. The molecule has 0 aliphatic carbocycles. The van der Waals surface area contributed by atoms with Crippen molar-refractivity contribution in [1.82, 2.24) is 0 Å². The first-order valence-corrected chi connectivity index (χ1v) is 8.14. The molecule has 0 spiro atoms. The summed E-state index contributed by atoms with van der Waals surface area (Å²) in [6.45, 7) is 0.146. The number of hydrogen-bond donors (Lipinski definition) is 1. The third-order valence-corrected chi connectivity index (χ3v) is 3.34. The lowest BCUT2D eigenvalue weighted by Crippen LogP contribution is -2.17. The summed E-state index contributed by atoms with van der Waals surface area (Å²) in [6, 6.07) is 6.70. The SMILES string of the molecule is NC(=O)c1c(F)ccc(OCCOCCOc2ccc(OC(F)(F)F)cc2)c1F. The summed E-state index contributed by atoms with van der Waals surface area (Å²) in [7, 11) is 0. The topological polar surface area (TPSA) is 80.0 Å². The summed E-state index contributed by atoms with van der Waals surface area (Å²) in [5.74, 6) is -3.94. The first kappa shape index (κ1) is 22.2. The minimum atomic E-state index is -4.77. The molecule has 0 aliphatic rings. The highest BCUT2D eigenvalue weighted by atomic mass is 19.4. The second-order valence-electron chi connectivity index (χ2n) is 5.43. The smallest absolute Gasteiger partial charge is 0.491 e. The van der Waals surface area contributed by atoms with E-state index in [0.29, 0.717) is 5.75 Å². The summed E-state index contributed by atoms with van der Waals surface area (Å²) in [4.78, 5) is 11.0. The molecule has 2 aromatic rings. The first-order valence-electron chi connectivity index (χ1n) is 8.14. The van der Waals surface area contributed by atoms with Gasteiger partial charge in [0.15, 0.2) is 11.6 Å². The molecule has 11 heteroatoms. The number of carbonyl (C=O) groups excluding carboxylic acids is 1. The van der Waals surface area contributed by atoms with Gasteiger partial charge >= 0.3 is 6.36 Å². The molecule has 29 heavy (non-hydrogen) atoms. The molecule has 0 heterocycles. The molecule has 0 radical (unpaired) electrons.